The van der Waals surface area contributed by atoms with E-state index in [9.17, 15) is 0 Å². The third kappa shape index (κ3) is 3.06. The van der Waals surface area contributed by atoms with Crippen LogP contribution < -0.4 is 5.32 Å². The highest BCUT2D eigenvalue weighted by atomic mass is 79.9. The lowest BCUT2D eigenvalue weighted by Crippen LogP contribution is -2.29. The summed E-state index contributed by atoms with van der Waals surface area (Å²) in [5.41, 5.74) is 4.14. The molecule has 1 N–H and O–H groups in total. The fourth-order valence-electron chi connectivity index (χ4n) is 3.27. The number of hydrogen-bond acceptors (Lipinski definition) is 2. The number of nitrogens with zero attached hydrogens (tertiary/aromatic N) is 2. The van der Waals surface area contributed by atoms with Crippen molar-refractivity contribution in [2.75, 3.05) is 0 Å². The third-order valence-electron chi connectivity index (χ3n) is 4.46. The number of benzene rings is 1. The first-order valence-electron chi connectivity index (χ1n) is 7.71. The van der Waals surface area contributed by atoms with Crippen LogP contribution in [0.1, 0.15) is 55.1 Å². The van der Waals surface area contributed by atoms with E-state index in [0.717, 1.165) is 17.3 Å². The number of nitrogens with one attached hydrogen (secondary N) is 1. The van der Waals surface area contributed by atoms with Gasteiger partial charge in [-0.3, -0.25) is 4.68 Å². The van der Waals surface area contributed by atoms with Crippen molar-refractivity contribution in [1.29, 1.82) is 0 Å². The van der Waals surface area contributed by atoms with Crippen molar-refractivity contribution in [3.05, 3.63) is 51.8 Å². The summed E-state index contributed by atoms with van der Waals surface area (Å²) >= 11 is 3.51. The smallest absolute Gasteiger partial charge is 0.0540 e. The van der Waals surface area contributed by atoms with Gasteiger partial charge in [-0.2, -0.15) is 5.10 Å². The van der Waals surface area contributed by atoms with Gasteiger partial charge in [-0.05, 0) is 43.4 Å². The van der Waals surface area contributed by atoms with Gasteiger partial charge in [-0.25, -0.2) is 0 Å². The van der Waals surface area contributed by atoms with Crippen LogP contribution >= 0.6 is 15.9 Å². The molecule has 0 radical (unpaired) electrons. The Kier molecular flexibility index (Phi) is 4.45. The third-order valence-corrected chi connectivity index (χ3v) is 4.99. The van der Waals surface area contributed by atoms with E-state index in [2.05, 4.69) is 57.5 Å². The molecule has 1 aromatic heterocycles. The van der Waals surface area contributed by atoms with Crippen molar-refractivity contribution in [3.63, 3.8) is 0 Å². The SMILES string of the molecule is CCC(NC1CCCc2c1cnn2C)c1ccc(Br)cc1. The minimum atomic E-state index is 0.397. The quantitative estimate of drug-likeness (QED) is 0.893. The molecule has 2 aromatic rings. The summed E-state index contributed by atoms with van der Waals surface area (Å²) in [7, 11) is 2.05. The van der Waals surface area contributed by atoms with Crippen LogP contribution in [-0.2, 0) is 13.5 Å². The highest BCUT2D eigenvalue weighted by Gasteiger charge is 2.25. The normalized spacial score (nSPS) is 19.3. The molecule has 21 heavy (non-hydrogen) atoms. The van der Waals surface area contributed by atoms with Gasteiger partial charge in [0.15, 0.2) is 0 Å². The molecule has 3 nitrogen and oxygen atoms in total. The van der Waals surface area contributed by atoms with Crippen molar-refractivity contribution in [1.82, 2.24) is 15.1 Å². The molecule has 2 atom stereocenters. The van der Waals surface area contributed by atoms with Crippen molar-refractivity contribution >= 4 is 15.9 Å². The van der Waals surface area contributed by atoms with Gasteiger partial charge in [0, 0.05) is 34.9 Å². The Morgan fingerprint density at radius 3 is 2.86 bits per heavy atom. The summed E-state index contributed by atoms with van der Waals surface area (Å²) < 4.78 is 3.16. The fraction of sp³-hybridized carbons (Fsp3) is 0.471. The molecule has 0 aliphatic heterocycles. The lowest BCUT2D eigenvalue weighted by Gasteiger charge is -2.28. The molecule has 0 amide bonds. The predicted octanol–water partition coefficient (Wildman–Crippen LogP) is 4.30. The fourth-order valence-corrected chi connectivity index (χ4v) is 3.53. The van der Waals surface area contributed by atoms with E-state index in [-0.39, 0.29) is 0 Å². The zero-order valence-corrected chi connectivity index (χ0v) is 14.2. The molecular formula is C17H22BrN3. The Morgan fingerprint density at radius 1 is 1.38 bits per heavy atom. The first-order chi connectivity index (χ1) is 10.2. The minimum absolute atomic E-state index is 0.397. The maximum Gasteiger partial charge on any atom is 0.0540 e. The van der Waals surface area contributed by atoms with E-state index in [4.69, 9.17) is 0 Å². The summed E-state index contributed by atoms with van der Waals surface area (Å²) in [6.07, 6.45) is 6.72. The molecule has 1 heterocycles. The van der Waals surface area contributed by atoms with Crippen LogP contribution in [-0.4, -0.2) is 9.78 Å². The number of fused-ring (bicyclic) bond motifs is 1. The van der Waals surface area contributed by atoms with Gasteiger partial charge in [-0.15, -0.1) is 0 Å². The Bertz CT molecular complexity index is 603. The number of halogens is 1. The summed E-state index contributed by atoms with van der Waals surface area (Å²) in [5.74, 6) is 0. The van der Waals surface area contributed by atoms with Crippen LogP contribution in [0.15, 0.2) is 34.9 Å². The molecule has 0 fully saturated rings. The maximum absolute atomic E-state index is 4.44. The Morgan fingerprint density at radius 2 is 2.14 bits per heavy atom. The topological polar surface area (TPSA) is 29.9 Å². The lowest BCUT2D eigenvalue weighted by atomic mass is 9.91. The molecule has 0 saturated carbocycles. The molecule has 3 rings (SSSR count). The van der Waals surface area contributed by atoms with Crippen LogP contribution in [0.2, 0.25) is 0 Å². The van der Waals surface area contributed by atoms with Gasteiger partial charge in [0.2, 0.25) is 0 Å². The predicted molar refractivity (Wildman–Crippen MR) is 89.2 cm³/mol. The molecule has 2 unspecified atom stereocenters. The van der Waals surface area contributed by atoms with Crippen molar-refractivity contribution in [2.24, 2.45) is 7.05 Å². The Balaban J connectivity index is 1.80. The molecule has 1 aliphatic rings. The van der Waals surface area contributed by atoms with E-state index in [0.29, 0.717) is 12.1 Å². The van der Waals surface area contributed by atoms with E-state index in [1.807, 2.05) is 17.9 Å². The van der Waals surface area contributed by atoms with Gasteiger partial charge in [0.25, 0.3) is 0 Å². The van der Waals surface area contributed by atoms with Crippen LogP contribution in [0.4, 0.5) is 0 Å². The van der Waals surface area contributed by atoms with Gasteiger partial charge < -0.3 is 5.32 Å². The van der Waals surface area contributed by atoms with E-state index in [1.165, 1.54) is 29.7 Å². The van der Waals surface area contributed by atoms with Crippen molar-refractivity contribution in [2.45, 2.75) is 44.7 Å². The van der Waals surface area contributed by atoms with Gasteiger partial charge in [0.05, 0.1) is 6.20 Å². The van der Waals surface area contributed by atoms with E-state index >= 15 is 0 Å². The molecule has 0 saturated heterocycles. The van der Waals surface area contributed by atoms with Crippen molar-refractivity contribution in [3.8, 4) is 0 Å². The van der Waals surface area contributed by atoms with Crippen LogP contribution in [0, 0.1) is 0 Å². The van der Waals surface area contributed by atoms with Crippen LogP contribution in [0.5, 0.6) is 0 Å². The van der Waals surface area contributed by atoms with Crippen LogP contribution in [0.25, 0.3) is 0 Å². The largest absolute Gasteiger partial charge is 0.303 e. The van der Waals surface area contributed by atoms with E-state index in [1.54, 1.807) is 0 Å². The second-order valence-corrected chi connectivity index (χ2v) is 6.71. The molecular weight excluding hydrogens is 326 g/mol. The Labute approximate surface area is 134 Å². The first-order valence-corrected chi connectivity index (χ1v) is 8.50. The van der Waals surface area contributed by atoms with E-state index < -0.39 is 0 Å². The summed E-state index contributed by atoms with van der Waals surface area (Å²) in [5, 5.41) is 8.28. The summed E-state index contributed by atoms with van der Waals surface area (Å²) in [4.78, 5) is 0. The molecule has 4 heteroatoms. The average Bonchev–Trinajstić information content (AvgIpc) is 2.88. The lowest BCUT2D eigenvalue weighted by molar-refractivity contribution is 0.390. The highest BCUT2D eigenvalue weighted by Crippen LogP contribution is 2.32. The maximum atomic E-state index is 4.44. The average molecular weight is 348 g/mol. The highest BCUT2D eigenvalue weighted by molar-refractivity contribution is 9.10. The standard InChI is InChI=1S/C17H22BrN3/c1-3-15(12-7-9-13(18)10-8-12)20-16-5-4-6-17-14(16)11-19-21(17)2/h7-11,15-16,20H,3-6H2,1-2H3. The van der Waals surface area contributed by atoms with Crippen molar-refractivity contribution < 1.29 is 0 Å². The number of rotatable bonds is 4. The van der Waals surface area contributed by atoms with Crippen LogP contribution in [0.3, 0.4) is 0 Å². The molecule has 112 valence electrons. The number of aromatic nitrogens is 2. The minimum Gasteiger partial charge on any atom is -0.303 e. The first kappa shape index (κ1) is 14.8. The number of aryl methyl sites for hydroxylation is 1. The second kappa shape index (κ2) is 6.32. The summed E-state index contributed by atoms with van der Waals surface area (Å²) in [6, 6.07) is 9.48. The monoisotopic (exact) mass is 347 g/mol. The molecule has 1 aliphatic carbocycles. The molecule has 1 aromatic carbocycles. The molecule has 0 spiro atoms. The Hall–Kier alpha value is -1.13. The second-order valence-electron chi connectivity index (χ2n) is 5.79. The zero-order chi connectivity index (χ0) is 14.8. The van der Waals surface area contributed by atoms with Gasteiger partial charge >= 0.3 is 0 Å². The zero-order valence-electron chi connectivity index (χ0n) is 12.6. The van der Waals surface area contributed by atoms with Gasteiger partial charge in [-0.1, -0.05) is 35.0 Å². The number of hydrogen-bond donors (Lipinski definition) is 1. The van der Waals surface area contributed by atoms with Gasteiger partial charge in [0.1, 0.15) is 0 Å². The summed E-state index contributed by atoms with van der Waals surface area (Å²) in [6.45, 7) is 2.24. The molecule has 0 bridgehead atoms.